The average molecular weight is 209 g/mol. The van der Waals surface area contributed by atoms with Crippen LogP contribution in [0.4, 0.5) is 8.78 Å². The zero-order chi connectivity index (χ0) is 10.7. The van der Waals surface area contributed by atoms with Crippen molar-refractivity contribution in [2.75, 3.05) is 19.6 Å². The molecule has 2 N–H and O–H groups in total. The molecule has 1 aliphatic heterocycles. The number of hydrogen-bond acceptors (Lipinski definition) is 3. The van der Waals surface area contributed by atoms with E-state index in [2.05, 4.69) is 0 Å². The zero-order valence-electron chi connectivity index (χ0n) is 8.24. The number of β-amino-alcohol motifs (C(OH)–C–C–N with tert-alkyl or cyclic N) is 1. The average Bonchev–Trinajstić information content (AvgIpc) is 2.11. The van der Waals surface area contributed by atoms with E-state index in [0.717, 1.165) is 6.42 Å². The van der Waals surface area contributed by atoms with Crippen molar-refractivity contribution in [1.29, 1.82) is 0 Å². The van der Waals surface area contributed by atoms with Gasteiger partial charge in [-0.05, 0) is 13.0 Å². The number of aliphatic hydroxyl groups excluding tert-OH is 2. The van der Waals surface area contributed by atoms with Crippen LogP contribution < -0.4 is 0 Å². The second kappa shape index (κ2) is 5.00. The summed E-state index contributed by atoms with van der Waals surface area (Å²) in [5.41, 5.74) is 0. The fourth-order valence-electron chi connectivity index (χ4n) is 1.87. The number of aliphatic hydroxyl groups is 2. The largest absolute Gasteiger partial charge is 0.390 e. The van der Waals surface area contributed by atoms with Gasteiger partial charge in [-0.15, -0.1) is 0 Å². The Labute approximate surface area is 82.3 Å². The first-order valence-electron chi connectivity index (χ1n) is 4.93. The number of likely N-dealkylation sites (tertiary alicyclic amines) is 1. The van der Waals surface area contributed by atoms with Gasteiger partial charge in [-0.3, -0.25) is 0 Å². The third-order valence-corrected chi connectivity index (χ3v) is 2.61. The maximum absolute atomic E-state index is 12.5. The summed E-state index contributed by atoms with van der Waals surface area (Å²) in [5, 5.41) is 18.7. The molecule has 14 heavy (non-hydrogen) atoms. The molecule has 0 aliphatic carbocycles. The maximum atomic E-state index is 12.5. The van der Waals surface area contributed by atoms with E-state index in [0.29, 0.717) is 6.54 Å². The highest BCUT2D eigenvalue weighted by Crippen LogP contribution is 2.23. The first-order valence-corrected chi connectivity index (χ1v) is 4.93. The highest BCUT2D eigenvalue weighted by Gasteiger charge is 2.39. The Morgan fingerprint density at radius 3 is 2.50 bits per heavy atom. The summed E-state index contributed by atoms with van der Waals surface area (Å²) in [4.78, 5) is 1.77. The first-order chi connectivity index (χ1) is 6.56. The molecule has 5 heteroatoms. The number of halogens is 2. The second-order valence-corrected chi connectivity index (χ2v) is 3.82. The SMILES string of the molecule is CCCN1C[C@@H](O)[C@H](O)[C@@H](C(F)F)C1. The van der Waals surface area contributed by atoms with Gasteiger partial charge in [-0.2, -0.15) is 0 Å². The predicted molar refractivity (Wildman–Crippen MR) is 48.2 cm³/mol. The van der Waals surface area contributed by atoms with Crippen molar-refractivity contribution < 1.29 is 19.0 Å². The molecule has 3 nitrogen and oxygen atoms in total. The van der Waals surface area contributed by atoms with E-state index in [4.69, 9.17) is 0 Å². The monoisotopic (exact) mass is 209 g/mol. The summed E-state index contributed by atoms with van der Waals surface area (Å²) in [6, 6.07) is 0. The van der Waals surface area contributed by atoms with E-state index < -0.39 is 24.6 Å². The van der Waals surface area contributed by atoms with Crippen LogP contribution in [-0.4, -0.2) is 53.4 Å². The molecule has 1 heterocycles. The van der Waals surface area contributed by atoms with E-state index in [-0.39, 0.29) is 13.1 Å². The van der Waals surface area contributed by atoms with Crippen molar-refractivity contribution in [1.82, 2.24) is 4.90 Å². The second-order valence-electron chi connectivity index (χ2n) is 3.82. The van der Waals surface area contributed by atoms with Crippen LogP contribution in [-0.2, 0) is 0 Å². The molecule has 0 unspecified atom stereocenters. The minimum Gasteiger partial charge on any atom is -0.390 e. The van der Waals surface area contributed by atoms with Crippen LogP contribution in [0.1, 0.15) is 13.3 Å². The number of alkyl halides is 2. The van der Waals surface area contributed by atoms with Gasteiger partial charge in [0.15, 0.2) is 0 Å². The maximum Gasteiger partial charge on any atom is 0.245 e. The van der Waals surface area contributed by atoms with Crippen molar-refractivity contribution in [3.63, 3.8) is 0 Å². The minimum atomic E-state index is -2.57. The van der Waals surface area contributed by atoms with E-state index in [9.17, 15) is 19.0 Å². The lowest BCUT2D eigenvalue weighted by Gasteiger charge is -2.38. The van der Waals surface area contributed by atoms with Gasteiger partial charge in [0.2, 0.25) is 6.43 Å². The zero-order valence-corrected chi connectivity index (χ0v) is 8.24. The molecular weight excluding hydrogens is 192 g/mol. The molecule has 84 valence electrons. The molecule has 0 spiro atoms. The Morgan fingerprint density at radius 1 is 1.36 bits per heavy atom. The van der Waals surface area contributed by atoms with Crippen LogP contribution in [0, 0.1) is 5.92 Å². The van der Waals surface area contributed by atoms with E-state index in [1.165, 1.54) is 0 Å². The molecule has 1 aliphatic rings. The topological polar surface area (TPSA) is 43.7 Å². The summed E-state index contributed by atoms with van der Waals surface area (Å²) < 4.78 is 24.9. The first kappa shape index (κ1) is 11.8. The fourth-order valence-corrected chi connectivity index (χ4v) is 1.87. The third kappa shape index (κ3) is 2.62. The lowest BCUT2D eigenvalue weighted by atomic mass is 9.93. The summed E-state index contributed by atoms with van der Waals surface area (Å²) >= 11 is 0. The Balaban J connectivity index is 2.57. The highest BCUT2D eigenvalue weighted by atomic mass is 19.3. The van der Waals surface area contributed by atoms with Gasteiger partial charge >= 0.3 is 0 Å². The molecule has 0 saturated carbocycles. The minimum absolute atomic E-state index is 0.170. The normalized spacial score (nSPS) is 35.1. The fraction of sp³-hybridized carbons (Fsp3) is 1.00. The lowest BCUT2D eigenvalue weighted by Crippen LogP contribution is -2.54. The summed E-state index contributed by atoms with van der Waals surface area (Å²) in [6.07, 6.45) is -4.05. The van der Waals surface area contributed by atoms with Crippen molar-refractivity contribution in [2.24, 2.45) is 5.92 Å². The van der Waals surface area contributed by atoms with Gasteiger partial charge in [0, 0.05) is 13.1 Å². The Kier molecular flexibility index (Phi) is 4.22. The van der Waals surface area contributed by atoms with Crippen LogP contribution in [0.25, 0.3) is 0 Å². The quantitative estimate of drug-likeness (QED) is 0.703. The van der Waals surface area contributed by atoms with Crippen molar-refractivity contribution in [2.45, 2.75) is 32.0 Å². The molecule has 0 aromatic heterocycles. The van der Waals surface area contributed by atoms with Gasteiger partial charge in [0.1, 0.15) is 0 Å². The molecule has 1 fully saturated rings. The predicted octanol–water partition coefficient (Wildman–Crippen LogP) is 0.315. The Bertz CT molecular complexity index is 180. The Morgan fingerprint density at radius 2 is 2.00 bits per heavy atom. The van der Waals surface area contributed by atoms with Gasteiger partial charge < -0.3 is 15.1 Å². The van der Waals surface area contributed by atoms with Gasteiger partial charge in [0.05, 0.1) is 18.1 Å². The summed E-state index contributed by atoms with van der Waals surface area (Å²) in [6.45, 7) is 3.10. The molecule has 0 radical (unpaired) electrons. The standard InChI is InChI=1S/C9H17F2NO2/c1-2-3-12-4-6(9(10)11)8(14)7(13)5-12/h6-9,13-14H,2-5H2,1H3/t6-,7+,8+/m0/s1. The molecule has 0 aromatic rings. The number of piperidine rings is 1. The van der Waals surface area contributed by atoms with Crippen LogP contribution in [0.15, 0.2) is 0 Å². The molecule has 0 amide bonds. The van der Waals surface area contributed by atoms with Crippen LogP contribution in [0.5, 0.6) is 0 Å². The van der Waals surface area contributed by atoms with Crippen LogP contribution in [0.3, 0.4) is 0 Å². The van der Waals surface area contributed by atoms with E-state index in [1.807, 2.05) is 6.92 Å². The molecule has 3 atom stereocenters. The van der Waals surface area contributed by atoms with E-state index >= 15 is 0 Å². The van der Waals surface area contributed by atoms with Gasteiger partial charge in [0.25, 0.3) is 0 Å². The molecule has 0 aromatic carbocycles. The van der Waals surface area contributed by atoms with Crippen molar-refractivity contribution in [3.8, 4) is 0 Å². The van der Waals surface area contributed by atoms with Gasteiger partial charge in [-0.1, -0.05) is 6.92 Å². The van der Waals surface area contributed by atoms with Crippen LogP contribution in [0.2, 0.25) is 0 Å². The molecular formula is C9H17F2NO2. The molecule has 1 saturated heterocycles. The number of nitrogens with zero attached hydrogens (tertiary/aromatic N) is 1. The van der Waals surface area contributed by atoms with Gasteiger partial charge in [-0.25, -0.2) is 8.78 Å². The third-order valence-electron chi connectivity index (χ3n) is 2.61. The summed E-state index contributed by atoms with van der Waals surface area (Å²) in [5.74, 6) is -1.12. The lowest BCUT2D eigenvalue weighted by molar-refractivity contribution is -0.116. The van der Waals surface area contributed by atoms with E-state index in [1.54, 1.807) is 4.90 Å². The van der Waals surface area contributed by atoms with Crippen LogP contribution >= 0.6 is 0 Å². The number of rotatable bonds is 3. The van der Waals surface area contributed by atoms with Crippen molar-refractivity contribution in [3.05, 3.63) is 0 Å². The highest BCUT2D eigenvalue weighted by molar-refractivity contribution is 4.87. The molecule has 1 rings (SSSR count). The summed E-state index contributed by atoms with van der Waals surface area (Å²) in [7, 11) is 0. The molecule has 0 bridgehead atoms. The van der Waals surface area contributed by atoms with Crippen molar-refractivity contribution >= 4 is 0 Å². The number of hydrogen-bond donors (Lipinski definition) is 2. The Hall–Kier alpha value is -0.260. The smallest absolute Gasteiger partial charge is 0.245 e.